The molecule has 1 aliphatic heterocycles. The molecule has 0 atom stereocenters. The number of aromatic nitrogens is 4. The van der Waals surface area contributed by atoms with Gasteiger partial charge in [0, 0.05) is 37.8 Å². The molecule has 3 aromatic heterocycles. The second-order valence-electron chi connectivity index (χ2n) is 5.38. The summed E-state index contributed by atoms with van der Waals surface area (Å²) in [6.07, 6.45) is 6.00. The molecule has 0 bridgehead atoms. The van der Waals surface area contributed by atoms with Gasteiger partial charge in [0.1, 0.15) is 0 Å². The first-order valence-electron chi connectivity index (χ1n) is 7.15. The van der Waals surface area contributed by atoms with Crippen molar-refractivity contribution in [3.05, 3.63) is 58.0 Å². The third-order valence-electron chi connectivity index (χ3n) is 3.86. The zero-order valence-corrected chi connectivity index (χ0v) is 11.9. The highest BCUT2D eigenvalue weighted by molar-refractivity contribution is 5.46. The van der Waals surface area contributed by atoms with Gasteiger partial charge in [-0.25, -0.2) is 4.98 Å². The van der Waals surface area contributed by atoms with Crippen LogP contribution in [0, 0.1) is 0 Å². The molecule has 2 N–H and O–H groups in total. The van der Waals surface area contributed by atoms with E-state index in [1.165, 1.54) is 0 Å². The molecule has 0 unspecified atom stereocenters. The molecule has 0 fully saturated rings. The van der Waals surface area contributed by atoms with Crippen molar-refractivity contribution in [3.8, 4) is 11.6 Å². The highest BCUT2D eigenvalue weighted by atomic mass is 16.3. The normalized spacial score (nSPS) is 14.9. The molecular weight excluding hydrogens is 282 g/mol. The van der Waals surface area contributed by atoms with E-state index >= 15 is 0 Å². The Morgan fingerprint density at radius 3 is 3.14 bits per heavy atom. The van der Waals surface area contributed by atoms with Gasteiger partial charge in [-0.3, -0.25) is 14.8 Å². The zero-order valence-electron chi connectivity index (χ0n) is 11.9. The molecule has 0 saturated heterocycles. The Balaban J connectivity index is 1.61. The van der Waals surface area contributed by atoms with E-state index in [1.54, 1.807) is 24.6 Å². The molecule has 4 rings (SSSR count). The van der Waals surface area contributed by atoms with Crippen molar-refractivity contribution in [1.29, 1.82) is 0 Å². The molecule has 1 aliphatic rings. The summed E-state index contributed by atoms with van der Waals surface area (Å²) in [5.41, 5.74) is 2.62. The summed E-state index contributed by atoms with van der Waals surface area (Å²) < 4.78 is 5.30. The third-order valence-corrected chi connectivity index (χ3v) is 3.86. The summed E-state index contributed by atoms with van der Waals surface area (Å²) in [4.78, 5) is 21.9. The second kappa shape index (κ2) is 5.27. The van der Waals surface area contributed by atoms with E-state index in [4.69, 9.17) is 4.42 Å². The van der Waals surface area contributed by atoms with Crippen LogP contribution in [0.4, 0.5) is 0 Å². The number of furan rings is 1. The first-order chi connectivity index (χ1) is 10.8. The number of aromatic amines is 2. The van der Waals surface area contributed by atoms with Crippen molar-refractivity contribution in [2.24, 2.45) is 0 Å². The van der Waals surface area contributed by atoms with Gasteiger partial charge < -0.3 is 9.40 Å². The summed E-state index contributed by atoms with van der Waals surface area (Å²) in [5.74, 6) is 1.08. The Kier molecular flexibility index (Phi) is 3.12. The van der Waals surface area contributed by atoms with Gasteiger partial charge in [0.15, 0.2) is 11.6 Å². The van der Waals surface area contributed by atoms with Crippen LogP contribution in [0.25, 0.3) is 11.6 Å². The van der Waals surface area contributed by atoms with Gasteiger partial charge in [0.25, 0.3) is 5.56 Å². The highest BCUT2D eigenvalue weighted by Crippen LogP contribution is 2.19. The molecule has 0 aromatic carbocycles. The predicted molar refractivity (Wildman–Crippen MR) is 79.0 cm³/mol. The Bertz CT molecular complexity index is 820. The Labute approximate surface area is 126 Å². The number of fused-ring (bicyclic) bond motifs is 1. The van der Waals surface area contributed by atoms with Crippen LogP contribution < -0.4 is 5.56 Å². The maximum absolute atomic E-state index is 12.3. The van der Waals surface area contributed by atoms with Crippen molar-refractivity contribution in [2.75, 3.05) is 6.54 Å². The fraction of sp³-hybridized carbons (Fsp3) is 0.267. The van der Waals surface area contributed by atoms with E-state index in [1.807, 2.05) is 6.20 Å². The molecule has 0 radical (unpaired) electrons. The van der Waals surface area contributed by atoms with Crippen LogP contribution >= 0.6 is 0 Å². The van der Waals surface area contributed by atoms with Crippen LogP contribution in [0.5, 0.6) is 0 Å². The molecule has 0 spiro atoms. The SMILES string of the molecule is O=c1[nH]c(-c2ccco2)nc2c1CN(Cc1cn[nH]c1)CC2. The summed E-state index contributed by atoms with van der Waals surface area (Å²) in [6, 6.07) is 3.57. The Hall–Kier alpha value is -2.67. The minimum absolute atomic E-state index is 0.0895. The second-order valence-corrected chi connectivity index (χ2v) is 5.38. The van der Waals surface area contributed by atoms with E-state index in [-0.39, 0.29) is 5.56 Å². The summed E-state index contributed by atoms with van der Waals surface area (Å²) >= 11 is 0. The smallest absolute Gasteiger partial charge is 0.256 e. The lowest BCUT2D eigenvalue weighted by molar-refractivity contribution is 0.242. The monoisotopic (exact) mass is 297 g/mol. The number of H-pyrrole nitrogens is 2. The minimum atomic E-state index is -0.0895. The molecule has 7 nitrogen and oxygen atoms in total. The number of rotatable bonds is 3. The first kappa shape index (κ1) is 13.0. The Morgan fingerprint density at radius 1 is 1.41 bits per heavy atom. The predicted octanol–water partition coefficient (Wildman–Crippen LogP) is 1.31. The van der Waals surface area contributed by atoms with Crippen molar-refractivity contribution in [3.63, 3.8) is 0 Å². The summed E-state index contributed by atoms with van der Waals surface area (Å²) in [7, 11) is 0. The average molecular weight is 297 g/mol. The fourth-order valence-corrected chi connectivity index (χ4v) is 2.77. The lowest BCUT2D eigenvalue weighted by Crippen LogP contribution is -2.35. The van der Waals surface area contributed by atoms with Crippen molar-refractivity contribution >= 4 is 0 Å². The van der Waals surface area contributed by atoms with Crippen LogP contribution in [0.1, 0.15) is 16.8 Å². The average Bonchev–Trinajstić information content (AvgIpc) is 3.20. The van der Waals surface area contributed by atoms with Gasteiger partial charge in [0.05, 0.1) is 23.7 Å². The zero-order chi connectivity index (χ0) is 14.9. The summed E-state index contributed by atoms with van der Waals surface area (Å²) in [5, 5.41) is 6.75. The van der Waals surface area contributed by atoms with Crippen molar-refractivity contribution < 1.29 is 4.42 Å². The number of hydrogen-bond acceptors (Lipinski definition) is 5. The van der Waals surface area contributed by atoms with Crippen molar-refractivity contribution in [2.45, 2.75) is 19.5 Å². The molecule has 0 aliphatic carbocycles. The van der Waals surface area contributed by atoms with E-state index in [0.717, 1.165) is 36.3 Å². The lowest BCUT2D eigenvalue weighted by Gasteiger charge is -2.27. The van der Waals surface area contributed by atoms with E-state index in [9.17, 15) is 4.79 Å². The van der Waals surface area contributed by atoms with Crippen LogP contribution in [-0.4, -0.2) is 31.6 Å². The minimum Gasteiger partial charge on any atom is -0.461 e. The first-order valence-corrected chi connectivity index (χ1v) is 7.15. The van der Waals surface area contributed by atoms with Crippen LogP contribution in [0.3, 0.4) is 0 Å². The summed E-state index contributed by atoms with van der Waals surface area (Å²) in [6.45, 7) is 2.24. The van der Waals surface area contributed by atoms with Gasteiger partial charge in [-0.05, 0) is 12.1 Å². The lowest BCUT2D eigenvalue weighted by atomic mass is 10.1. The standard InChI is InChI=1S/C15H15N5O2/c21-15-11-9-20(8-10-6-16-17-7-10)4-3-12(11)18-14(19-15)13-2-1-5-22-13/h1-2,5-7H,3-4,8-9H2,(H,16,17)(H,18,19,21). The maximum Gasteiger partial charge on any atom is 0.256 e. The molecule has 4 heterocycles. The van der Waals surface area contributed by atoms with Gasteiger partial charge in [-0.1, -0.05) is 0 Å². The van der Waals surface area contributed by atoms with Crippen molar-refractivity contribution in [1.82, 2.24) is 25.1 Å². The van der Waals surface area contributed by atoms with Crippen LogP contribution in [0.15, 0.2) is 40.0 Å². The fourth-order valence-electron chi connectivity index (χ4n) is 2.77. The largest absolute Gasteiger partial charge is 0.461 e. The van der Waals surface area contributed by atoms with Gasteiger partial charge in [0.2, 0.25) is 0 Å². The van der Waals surface area contributed by atoms with Crippen LogP contribution in [0.2, 0.25) is 0 Å². The maximum atomic E-state index is 12.3. The molecular formula is C15H15N5O2. The van der Waals surface area contributed by atoms with Gasteiger partial charge in [-0.2, -0.15) is 5.10 Å². The Morgan fingerprint density at radius 2 is 2.36 bits per heavy atom. The third kappa shape index (κ3) is 2.35. The van der Waals surface area contributed by atoms with E-state index in [0.29, 0.717) is 18.1 Å². The number of nitrogens with zero attached hydrogens (tertiary/aromatic N) is 3. The highest BCUT2D eigenvalue weighted by Gasteiger charge is 2.22. The molecule has 0 amide bonds. The number of hydrogen-bond donors (Lipinski definition) is 2. The van der Waals surface area contributed by atoms with Gasteiger partial charge >= 0.3 is 0 Å². The molecule has 7 heteroatoms. The molecule has 0 saturated carbocycles. The van der Waals surface area contributed by atoms with E-state index in [2.05, 4.69) is 25.1 Å². The topological polar surface area (TPSA) is 90.8 Å². The van der Waals surface area contributed by atoms with Crippen LogP contribution in [-0.2, 0) is 19.5 Å². The molecule has 3 aromatic rings. The van der Waals surface area contributed by atoms with Gasteiger partial charge in [-0.15, -0.1) is 0 Å². The quantitative estimate of drug-likeness (QED) is 0.760. The number of nitrogens with one attached hydrogen (secondary N) is 2. The van der Waals surface area contributed by atoms with E-state index < -0.39 is 0 Å². The molecule has 112 valence electrons. The molecule has 22 heavy (non-hydrogen) atoms.